The Morgan fingerprint density at radius 2 is 1.89 bits per heavy atom. The van der Waals surface area contributed by atoms with E-state index in [1.54, 1.807) is 15.6 Å². The lowest BCUT2D eigenvalue weighted by atomic mass is 9.93. The summed E-state index contributed by atoms with van der Waals surface area (Å²) in [6.07, 6.45) is 3.20. The van der Waals surface area contributed by atoms with Crippen LogP contribution in [0.1, 0.15) is 59.9 Å². The summed E-state index contributed by atoms with van der Waals surface area (Å²) in [6.45, 7) is 2.57. The molecule has 4 aliphatic rings. The molecule has 0 bridgehead atoms. The summed E-state index contributed by atoms with van der Waals surface area (Å²) in [5.41, 5.74) is 0.540. The molecule has 230 valence electrons. The number of aromatic nitrogens is 1. The number of rotatable bonds is 4. The molecule has 7 rings (SSSR count). The number of hydrogen-bond acceptors (Lipinski definition) is 9. The van der Waals surface area contributed by atoms with Crippen LogP contribution in [0.2, 0.25) is 0 Å². The van der Waals surface area contributed by atoms with Gasteiger partial charge in [-0.3, -0.25) is 24.1 Å². The highest BCUT2D eigenvalue weighted by molar-refractivity contribution is 7.98. The number of carbonyl (C=O) groups excluding carboxylic acids is 3. The highest BCUT2D eigenvalue weighted by Gasteiger charge is 2.56. The van der Waals surface area contributed by atoms with Gasteiger partial charge in [-0.05, 0) is 43.0 Å². The van der Waals surface area contributed by atoms with E-state index in [9.17, 15) is 18.8 Å². The van der Waals surface area contributed by atoms with Crippen LogP contribution < -0.4 is 15.2 Å². The Kier molecular flexibility index (Phi) is 7.93. The number of esters is 1. The van der Waals surface area contributed by atoms with E-state index >= 15 is 4.39 Å². The van der Waals surface area contributed by atoms with Gasteiger partial charge in [0.15, 0.2) is 17.3 Å². The van der Waals surface area contributed by atoms with Gasteiger partial charge in [-0.1, -0.05) is 24.3 Å². The van der Waals surface area contributed by atoms with Crippen LogP contribution >= 0.6 is 11.8 Å². The zero-order valence-corrected chi connectivity index (χ0v) is 24.8. The second kappa shape index (κ2) is 11.7. The molecule has 0 N–H and O–H groups in total. The van der Waals surface area contributed by atoms with Crippen molar-refractivity contribution in [3.05, 3.63) is 92.9 Å². The molecule has 2 aromatic carbocycles. The van der Waals surface area contributed by atoms with Crippen molar-refractivity contribution >= 4 is 29.9 Å². The topological polar surface area (TPSA) is 107 Å². The molecule has 4 heterocycles. The van der Waals surface area contributed by atoms with E-state index in [4.69, 9.17) is 19.0 Å². The lowest BCUT2D eigenvalue weighted by Crippen LogP contribution is -2.68. The Morgan fingerprint density at radius 3 is 2.61 bits per heavy atom. The lowest BCUT2D eigenvalue weighted by molar-refractivity contribution is -0.147. The lowest BCUT2D eigenvalue weighted by Gasteiger charge is -2.53. The number of thioether (sulfide) groups is 1. The maximum Gasteiger partial charge on any atom is 0.305 e. The largest absolute Gasteiger partial charge is 0.451 e. The molecule has 2 fully saturated rings. The van der Waals surface area contributed by atoms with Crippen molar-refractivity contribution < 1.29 is 37.4 Å². The van der Waals surface area contributed by atoms with Gasteiger partial charge in [-0.2, -0.15) is 0 Å². The van der Waals surface area contributed by atoms with Crippen LogP contribution in [-0.4, -0.2) is 59.5 Å². The molecule has 13 heteroatoms. The van der Waals surface area contributed by atoms with E-state index in [-0.39, 0.29) is 29.4 Å². The predicted molar refractivity (Wildman–Crippen MR) is 155 cm³/mol. The van der Waals surface area contributed by atoms with E-state index in [1.165, 1.54) is 37.9 Å². The molecule has 1 spiro atoms. The number of hydrogen-bond donors (Lipinski definition) is 0. The van der Waals surface area contributed by atoms with Gasteiger partial charge in [0, 0.05) is 35.4 Å². The fourth-order valence-corrected chi connectivity index (χ4v) is 7.02. The van der Waals surface area contributed by atoms with E-state index in [2.05, 4.69) is 0 Å². The Bertz CT molecular complexity index is 1710. The van der Waals surface area contributed by atoms with Gasteiger partial charge >= 0.3 is 5.97 Å². The van der Waals surface area contributed by atoms with Gasteiger partial charge in [0.25, 0.3) is 5.91 Å². The smallest absolute Gasteiger partial charge is 0.305 e. The Hall–Kier alpha value is -4.23. The number of morpholine rings is 1. The van der Waals surface area contributed by atoms with Crippen LogP contribution in [0.25, 0.3) is 0 Å². The Morgan fingerprint density at radius 1 is 1.14 bits per heavy atom. The fraction of sp³-hybridized carbons (Fsp3) is 0.355. The molecule has 44 heavy (non-hydrogen) atoms. The molecule has 1 amide bonds. The van der Waals surface area contributed by atoms with Gasteiger partial charge in [-0.25, -0.2) is 8.78 Å². The number of benzene rings is 2. The third kappa shape index (κ3) is 5.13. The highest BCUT2D eigenvalue weighted by atomic mass is 32.2. The van der Waals surface area contributed by atoms with Gasteiger partial charge in [0.05, 0.1) is 24.8 Å². The molecule has 3 aromatic rings. The standard InChI is InChI=1S/C29H25F2N3O6S.C2H4O/c1-16(35)38-15-39-27-21(36)8-11-33-26(27)28(37)32-14-29(9-10-29)40-12-23(32)34(33)25-17-6-7-20(30)24(31)19(17)13-41-22-5-3-2-4-18(22)25;1-2-3/h2-8,11,23,25H,9-10,12-15H2,1H3;2H,1H3/t23-,25+;/m1./s1. The summed E-state index contributed by atoms with van der Waals surface area (Å²) in [5, 5.41) is 1.88. The Balaban J connectivity index is 0.00000110. The first-order valence-electron chi connectivity index (χ1n) is 14.0. The van der Waals surface area contributed by atoms with Crippen molar-refractivity contribution in [1.82, 2.24) is 9.58 Å². The number of pyridine rings is 1. The molecular weight excluding hydrogens is 596 g/mol. The second-order valence-electron chi connectivity index (χ2n) is 10.8. The van der Waals surface area contributed by atoms with Crippen molar-refractivity contribution in [3.8, 4) is 5.75 Å². The molecule has 0 radical (unpaired) electrons. The first kappa shape index (κ1) is 29.8. The van der Waals surface area contributed by atoms with Crippen LogP contribution in [0.4, 0.5) is 8.78 Å². The molecule has 3 aliphatic heterocycles. The molecule has 1 saturated carbocycles. The van der Waals surface area contributed by atoms with Crippen molar-refractivity contribution in [3.63, 3.8) is 0 Å². The van der Waals surface area contributed by atoms with Gasteiger partial charge in [0.1, 0.15) is 12.5 Å². The third-order valence-electron chi connectivity index (χ3n) is 8.06. The minimum atomic E-state index is -0.939. The molecule has 1 aliphatic carbocycles. The van der Waals surface area contributed by atoms with Gasteiger partial charge < -0.3 is 23.9 Å². The normalized spacial score (nSPS) is 20.6. The van der Waals surface area contributed by atoms with Gasteiger partial charge in [0.2, 0.25) is 18.0 Å². The molecule has 0 unspecified atom stereocenters. The SMILES string of the molecule is CC(=O)OCOc1c2n(ccc1=O)N([C@@H]1c3ccccc3SCc3c1ccc(F)c3F)[C@@H]1COC3(CC3)CN1C2=O.CC=O. The average molecular weight is 626 g/mol. The van der Waals surface area contributed by atoms with E-state index in [0.717, 1.165) is 35.7 Å². The average Bonchev–Trinajstić information content (AvgIpc) is 3.78. The third-order valence-corrected chi connectivity index (χ3v) is 9.18. The molecule has 1 aromatic heterocycles. The van der Waals surface area contributed by atoms with E-state index in [0.29, 0.717) is 12.1 Å². The quantitative estimate of drug-likeness (QED) is 0.242. The zero-order valence-electron chi connectivity index (χ0n) is 24.0. The van der Waals surface area contributed by atoms with Crippen LogP contribution in [0, 0.1) is 11.6 Å². The summed E-state index contributed by atoms with van der Waals surface area (Å²) in [4.78, 5) is 49.9. The summed E-state index contributed by atoms with van der Waals surface area (Å²) in [7, 11) is 0. The second-order valence-corrected chi connectivity index (χ2v) is 11.8. The summed E-state index contributed by atoms with van der Waals surface area (Å²) < 4.78 is 48.2. The highest BCUT2D eigenvalue weighted by Crippen LogP contribution is 2.48. The summed E-state index contributed by atoms with van der Waals surface area (Å²) >= 11 is 1.41. The molecule has 10 nitrogen and oxygen atoms in total. The number of nitrogens with zero attached hydrogens (tertiary/aromatic N) is 3. The number of amides is 1. The molecule has 2 atom stereocenters. The predicted octanol–water partition coefficient (Wildman–Crippen LogP) is 3.91. The number of ether oxygens (including phenoxy) is 3. The van der Waals surface area contributed by atoms with Crippen molar-refractivity contribution in [2.75, 3.05) is 25.0 Å². The number of halogens is 2. The van der Waals surface area contributed by atoms with Crippen LogP contribution in [0.5, 0.6) is 5.75 Å². The van der Waals surface area contributed by atoms with E-state index < -0.39 is 53.5 Å². The van der Waals surface area contributed by atoms with Crippen LogP contribution in [0.15, 0.2) is 58.4 Å². The van der Waals surface area contributed by atoms with E-state index in [1.807, 2.05) is 29.3 Å². The number of fused-ring (bicyclic) bond motifs is 4. The van der Waals surface area contributed by atoms with Gasteiger partial charge in [-0.15, -0.1) is 11.8 Å². The van der Waals surface area contributed by atoms with Crippen molar-refractivity contribution in [2.24, 2.45) is 0 Å². The fourth-order valence-electron chi connectivity index (χ4n) is 5.91. The van der Waals surface area contributed by atoms with Crippen molar-refractivity contribution in [2.45, 2.75) is 55.1 Å². The number of carbonyl (C=O) groups is 3. The molecular formula is C31H29F2N3O7S. The van der Waals surface area contributed by atoms with Crippen LogP contribution in [-0.2, 0) is 24.8 Å². The van der Waals surface area contributed by atoms with Crippen molar-refractivity contribution in [1.29, 1.82) is 0 Å². The summed E-state index contributed by atoms with van der Waals surface area (Å²) in [5.74, 6) is -2.95. The zero-order chi connectivity index (χ0) is 31.2. The first-order chi connectivity index (χ1) is 21.2. The monoisotopic (exact) mass is 625 g/mol. The minimum absolute atomic E-state index is 0.0443. The maximum atomic E-state index is 15.3. The Labute approximate surface area is 255 Å². The van der Waals surface area contributed by atoms with Crippen LogP contribution in [0.3, 0.4) is 0 Å². The molecule has 1 saturated heterocycles. The summed E-state index contributed by atoms with van der Waals surface area (Å²) in [6, 6.07) is 10.9. The number of aldehydes is 1. The first-order valence-corrected chi connectivity index (χ1v) is 15.0. The minimum Gasteiger partial charge on any atom is -0.451 e. The maximum absolute atomic E-state index is 15.3.